The van der Waals surface area contributed by atoms with Gasteiger partial charge in [0.15, 0.2) is 5.82 Å². The number of aromatic nitrogens is 2. The van der Waals surface area contributed by atoms with Crippen LogP contribution in [0, 0.1) is 0 Å². The zero-order valence-electron chi connectivity index (χ0n) is 14.4. The summed E-state index contributed by atoms with van der Waals surface area (Å²) in [6.07, 6.45) is 0. The normalized spacial score (nSPS) is 11.1. The third-order valence-corrected chi connectivity index (χ3v) is 4.96. The van der Waals surface area contributed by atoms with Crippen molar-refractivity contribution in [2.75, 3.05) is 0 Å². The van der Waals surface area contributed by atoms with Crippen molar-refractivity contribution in [1.29, 1.82) is 0 Å². The molecule has 0 fully saturated rings. The lowest BCUT2D eigenvalue weighted by Crippen LogP contribution is -1.96. The maximum atomic E-state index is 6.29. The van der Waals surface area contributed by atoms with Crippen LogP contribution in [0.25, 0.3) is 44.3 Å². The fraction of sp³-hybridized carbons (Fsp3) is 0. The van der Waals surface area contributed by atoms with E-state index < -0.39 is 0 Å². The van der Waals surface area contributed by atoms with E-state index in [1.807, 2.05) is 66.7 Å². The highest BCUT2D eigenvalue weighted by Crippen LogP contribution is 2.34. The molecule has 0 N–H and O–H groups in total. The average molecular weight is 367 g/mol. The summed E-state index contributed by atoms with van der Waals surface area (Å²) >= 11 is 6.29. The second kappa shape index (κ2) is 6.49. The summed E-state index contributed by atoms with van der Waals surface area (Å²) in [7, 11) is 0. The standard InChI is InChI=1S/C24H15ClN2/c25-19-13-11-16-12-14-20-22(17-7-3-1-4-8-17)26-24(18-9-5-2-6-10-18)27-23(20)21(16)15-19/h1-15H. The maximum absolute atomic E-state index is 6.29. The number of hydrogen-bond acceptors (Lipinski definition) is 2. The predicted octanol–water partition coefficient (Wildman–Crippen LogP) is 6.77. The van der Waals surface area contributed by atoms with Crippen molar-refractivity contribution >= 4 is 33.3 Å². The summed E-state index contributed by atoms with van der Waals surface area (Å²) in [5.74, 6) is 0.717. The van der Waals surface area contributed by atoms with Gasteiger partial charge in [0.05, 0.1) is 11.2 Å². The van der Waals surface area contributed by atoms with Crippen LogP contribution < -0.4 is 0 Å². The highest BCUT2D eigenvalue weighted by Gasteiger charge is 2.13. The van der Waals surface area contributed by atoms with Gasteiger partial charge < -0.3 is 0 Å². The molecule has 3 heteroatoms. The van der Waals surface area contributed by atoms with Gasteiger partial charge in [0.1, 0.15) is 0 Å². The quantitative estimate of drug-likeness (QED) is 0.322. The SMILES string of the molecule is Clc1ccc2ccc3c(-c4ccccc4)nc(-c4ccccc4)nc3c2c1. The van der Waals surface area contributed by atoms with Gasteiger partial charge in [-0.1, -0.05) is 84.4 Å². The molecule has 0 unspecified atom stereocenters. The third kappa shape index (κ3) is 2.84. The Morgan fingerprint density at radius 2 is 1.26 bits per heavy atom. The van der Waals surface area contributed by atoms with Crippen molar-refractivity contribution in [3.63, 3.8) is 0 Å². The van der Waals surface area contributed by atoms with Crippen LogP contribution in [-0.2, 0) is 0 Å². The van der Waals surface area contributed by atoms with Crippen LogP contribution in [0.1, 0.15) is 0 Å². The molecule has 4 aromatic carbocycles. The van der Waals surface area contributed by atoms with Crippen molar-refractivity contribution in [2.45, 2.75) is 0 Å². The Morgan fingerprint density at radius 1 is 0.593 bits per heavy atom. The molecule has 1 heterocycles. The Kier molecular flexibility index (Phi) is 3.84. The molecular weight excluding hydrogens is 352 g/mol. The minimum absolute atomic E-state index is 0.705. The van der Waals surface area contributed by atoms with Gasteiger partial charge in [-0.15, -0.1) is 0 Å². The molecule has 0 aliphatic rings. The first-order valence-corrected chi connectivity index (χ1v) is 9.18. The Balaban J connectivity index is 1.92. The van der Waals surface area contributed by atoms with Crippen molar-refractivity contribution in [3.8, 4) is 22.6 Å². The summed E-state index contributed by atoms with van der Waals surface area (Å²) < 4.78 is 0. The molecule has 1 aromatic heterocycles. The van der Waals surface area contributed by atoms with Crippen LogP contribution in [0.2, 0.25) is 5.02 Å². The summed E-state index contributed by atoms with van der Waals surface area (Å²) in [5.41, 5.74) is 3.92. The fourth-order valence-electron chi connectivity index (χ4n) is 3.42. The molecule has 128 valence electrons. The minimum atomic E-state index is 0.705. The van der Waals surface area contributed by atoms with Crippen LogP contribution in [-0.4, -0.2) is 9.97 Å². The van der Waals surface area contributed by atoms with Crippen LogP contribution in [0.3, 0.4) is 0 Å². The molecule has 5 rings (SSSR count). The average Bonchev–Trinajstić information content (AvgIpc) is 2.74. The second-order valence-corrected chi connectivity index (χ2v) is 6.89. The van der Waals surface area contributed by atoms with Gasteiger partial charge in [0, 0.05) is 26.9 Å². The molecule has 0 spiro atoms. The smallest absolute Gasteiger partial charge is 0.160 e. The van der Waals surface area contributed by atoms with Crippen molar-refractivity contribution in [2.24, 2.45) is 0 Å². The van der Waals surface area contributed by atoms with E-state index in [0.29, 0.717) is 5.02 Å². The topological polar surface area (TPSA) is 25.8 Å². The van der Waals surface area contributed by atoms with Gasteiger partial charge in [0.25, 0.3) is 0 Å². The van der Waals surface area contributed by atoms with Gasteiger partial charge in [-0.2, -0.15) is 0 Å². The van der Waals surface area contributed by atoms with Crippen LogP contribution in [0.5, 0.6) is 0 Å². The molecular formula is C24H15ClN2. The van der Waals surface area contributed by atoms with Crippen molar-refractivity contribution in [3.05, 3.63) is 96.0 Å². The van der Waals surface area contributed by atoms with E-state index in [9.17, 15) is 0 Å². The molecule has 0 bridgehead atoms. The molecule has 0 amide bonds. The molecule has 5 aromatic rings. The Bertz CT molecular complexity index is 1270. The zero-order chi connectivity index (χ0) is 18.2. The second-order valence-electron chi connectivity index (χ2n) is 6.46. The van der Waals surface area contributed by atoms with E-state index in [4.69, 9.17) is 21.6 Å². The van der Waals surface area contributed by atoms with E-state index >= 15 is 0 Å². The van der Waals surface area contributed by atoms with Gasteiger partial charge in [-0.05, 0) is 23.6 Å². The monoisotopic (exact) mass is 366 g/mol. The summed E-state index contributed by atoms with van der Waals surface area (Å²) in [6.45, 7) is 0. The van der Waals surface area contributed by atoms with Crippen molar-refractivity contribution < 1.29 is 0 Å². The molecule has 0 atom stereocenters. The number of fused-ring (bicyclic) bond motifs is 3. The van der Waals surface area contributed by atoms with Crippen LogP contribution in [0.4, 0.5) is 0 Å². The number of rotatable bonds is 2. The van der Waals surface area contributed by atoms with E-state index in [1.54, 1.807) is 0 Å². The molecule has 0 aliphatic heterocycles. The first-order chi connectivity index (χ1) is 13.3. The Hall–Kier alpha value is -3.23. The van der Waals surface area contributed by atoms with E-state index in [1.165, 1.54) is 0 Å². The summed E-state index contributed by atoms with van der Waals surface area (Å²) in [6, 6.07) is 30.4. The largest absolute Gasteiger partial charge is 0.227 e. The maximum Gasteiger partial charge on any atom is 0.160 e. The third-order valence-electron chi connectivity index (χ3n) is 4.72. The molecule has 0 saturated carbocycles. The fourth-order valence-corrected chi connectivity index (χ4v) is 3.59. The van der Waals surface area contributed by atoms with Crippen LogP contribution in [0.15, 0.2) is 91.0 Å². The molecule has 2 nitrogen and oxygen atoms in total. The van der Waals surface area contributed by atoms with Gasteiger partial charge >= 0.3 is 0 Å². The summed E-state index contributed by atoms with van der Waals surface area (Å²) in [4.78, 5) is 9.86. The lowest BCUT2D eigenvalue weighted by atomic mass is 10.0. The van der Waals surface area contributed by atoms with Crippen molar-refractivity contribution in [1.82, 2.24) is 9.97 Å². The highest BCUT2D eigenvalue weighted by atomic mass is 35.5. The lowest BCUT2D eigenvalue weighted by molar-refractivity contribution is 1.23. The van der Waals surface area contributed by atoms with Gasteiger partial charge in [-0.25, -0.2) is 9.97 Å². The Labute approximate surface area is 162 Å². The van der Waals surface area contributed by atoms with Gasteiger partial charge in [0.2, 0.25) is 0 Å². The molecule has 0 radical (unpaired) electrons. The summed E-state index contributed by atoms with van der Waals surface area (Å²) in [5, 5.41) is 3.88. The Morgan fingerprint density at radius 3 is 2.00 bits per heavy atom. The number of halogens is 1. The zero-order valence-corrected chi connectivity index (χ0v) is 15.2. The number of hydrogen-bond donors (Lipinski definition) is 0. The van der Waals surface area contributed by atoms with Gasteiger partial charge in [-0.3, -0.25) is 0 Å². The number of nitrogens with zero attached hydrogens (tertiary/aromatic N) is 2. The van der Waals surface area contributed by atoms with E-state index in [2.05, 4.69) is 24.3 Å². The highest BCUT2D eigenvalue weighted by molar-refractivity contribution is 6.31. The number of benzene rings is 4. The first kappa shape index (κ1) is 16.0. The predicted molar refractivity (Wildman–Crippen MR) is 113 cm³/mol. The lowest BCUT2D eigenvalue weighted by Gasteiger charge is -2.11. The van der Waals surface area contributed by atoms with E-state index in [0.717, 1.165) is 44.3 Å². The van der Waals surface area contributed by atoms with E-state index in [-0.39, 0.29) is 0 Å². The first-order valence-electron chi connectivity index (χ1n) is 8.80. The molecule has 0 aliphatic carbocycles. The van der Waals surface area contributed by atoms with Crippen LogP contribution >= 0.6 is 11.6 Å². The molecule has 27 heavy (non-hydrogen) atoms. The molecule has 0 saturated heterocycles. The minimum Gasteiger partial charge on any atom is -0.227 e.